The summed E-state index contributed by atoms with van der Waals surface area (Å²) in [4.78, 5) is 0. The number of hydrogen-bond acceptors (Lipinski definition) is 1. The van der Waals surface area contributed by atoms with Crippen LogP contribution in [0.5, 0.6) is 0 Å². The molecule has 1 heteroatoms. The Kier molecular flexibility index (Phi) is 2.13. The Bertz CT molecular complexity index is 3930. The van der Waals surface area contributed by atoms with Crippen LogP contribution < -0.4 is 0 Å². The van der Waals surface area contributed by atoms with E-state index in [2.05, 4.69) is 0 Å². The Hall–Kier alpha value is -5.66. The van der Waals surface area contributed by atoms with E-state index in [1.165, 1.54) is 0 Å². The molecular formula is C42H26O. The van der Waals surface area contributed by atoms with Gasteiger partial charge in [0.2, 0.25) is 0 Å². The van der Waals surface area contributed by atoms with Gasteiger partial charge in [0.1, 0.15) is 11.2 Å². The van der Waals surface area contributed by atoms with Gasteiger partial charge in [-0.1, -0.05) is 121 Å². The highest BCUT2D eigenvalue weighted by molar-refractivity contribution is 6.14. The second kappa shape index (κ2) is 9.44. The van der Waals surface area contributed by atoms with Crippen molar-refractivity contribution in [3.8, 4) is 33.4 Å². The predicted molar refractivity (Wildman–Crippen MR) is 183 cm³/mol. The van der Waals surface area contributed by atoms with Crippen LogP contribution >= 0.6 is 0 Å². The van der Waals surface area contributed by atoms with Gasteiger partial charge in [0.15, 0.2) is 0 Å². The maximum absolute atomic E-state index is 9.65. The van der Waals surface area contributed by atoms with E-state index in [1.807, 2.05) is 0 Å². The SMILES string of the molecule is [2H]c1c([2H])c([2H])c(-c2c([2H])c([2H])c3oc4c([2H])c(-c5c([2H])c([2H])c(-c6c([2H])c([2H])c([2H])c7c([2H])c([2H])c([2H])c([2H])c67)c6c([2H])c7c([2H])c([2H])c([2H])c([2H])c7c([2H])c56)c([2H])c([2H])c4c3c2[2H])c([2H])c1[2H]. The summed E-state index contributed by atoms with van der Waals surface area (Å²) in [5, 5.41) is -4.84. The second-order valence-electron chi connectivity index (χ2n) is 9.26. The number of hydrogen-bond donors (Lipinski definition) is 0. The van der Waals surface area contributed by atoms with Crippen molar-refractivity contribution in [1.29, 1.82) is 0 Å². The quantitative estimate of drug-likeness (QED) is 0.192. The Morgan fingerprint density at radius 3 is 1.81 bits per heavy atom. The van der Waals surface area contributed by atoms with Crippen LogP contribution in [0.1, 0.15) is 35.6 Å². The van der Waals surface area contributed by atoms with Crippen LogP contribution in [-0.4, -0.2) is 0 Å². The molecule has 0 fully saturated rings. The number of fused-ring (bicyclic) bond motifs is 6. The lowest BCUT2D eigenvalue weighted by Crippen LogP contribution is -1.88. The fourth-order valence-electron chi connectivity index (χ4n) is 4.89. The zero-order chi connectivity index (χ0) is 51.0. The van der Waals surface area contributed by atoms with Gasteiger partial charge < -0.3 is 4.42 Å². The molecule has 8 aromatic carbocycles. The Balaban J connectivity index is 1.53. The van der Waals surface area contributed by atoms with Gasteiger partial charge in [-0.05, 0) is 102 Å². The van der Waals surface area contributed by atoms with Crippen LogP contribution in [0.4, 0.5) is 0 Å². The first kappa shape index (κ1) is 9.69. The number of benzene rings is 8. The van der Waals surface area contributed by atoms with Gasteiger partial charge in [-0.2, -0.15) is 0 Å². The first-order valence-corrected chi connectivity index (χ1v) is 12.7. The molecule has 0 aliphatic carbocycles. The summed E-state index contributed by atoms with van der Waals surface area (Å²) < 4.78 is 236. The molecule has 0 bridgehead atoms. The van der Waals surface area contributed by atoms with Crippen molar-refractivity contribution in [3.63, 3.8) is 0 Å². The average Bonchev–Trinajstić information content (AvgIpc) is 3.73. The third-order valence-electron chi connectivity index (χ3n) is 6.82. The van der Waals surface area contributed by atoms with Gasteiger partial charge in [0.05, 0.1) is 35.6 Å². The van der Waals surface area contributed by atoms with Crippen LogP contribution in [0, 0.1) is 0 Å². The highest BCUT2D eigenvalue weighted by atomic mass is 16.3. The number of furan rings is 1. The lowest BCUT2D eigenvalue weighted by atomic mass is 9.88. The molecular weight excluding hydrogens is 520 g/mol. The van der Waals surface area contributed by atoms with Gasteiger partial charge >= 0.3 is 0 Å². The molecule has 0 atom stereocenters. The molecule has 1 heterocycles. The van der Waals surface area contributed by atoms with Crippen LogP contribution in [-0.2, 0) is 0 Å². The molecule has 0 saturated carbocycles. The average molecular weight is 573 g/mol. The normalized spacial score (nSPS) is 20.2. The third-order valence-corrected chi connectivity index (χ3v) is 6.82. The van der Waals surface area contributed by atoms with Crippen molar-refractivity contribution >= 4 is 54.3 Å². The van der Waals surface area contributed by atoms with Crippen molar-refractivity contribution in [1.82, 2.24) is 0 Å². The highest BCUT2D eigenvalue weighted by Gasteiger charge is 2.15. The maximum atomic E-state index is 9.65. The first-order valence-electron chi connectivity index (χ1n) is 25.7. The molecule has 0 amide bonds. The topological polar surface area (TPSA) is 13.1 Å². The van der Waals surface area contributed by atoms with E-state index in [-0.39, 0.29) is 0 Å². The predicted octanol–water partition coefficient (Wildman–Crippen LogP) is 12.0. The lowest BCUT2D eigenvalue weighted by molar-refractivity contribution is 0.669. The molecule has 0 aliphatic rings. The van der Waals surface area contributed by atoms with Crippen LogP contribution in [0.15, 0.2) is 162 Å². The molecule has 0 aliphatic heterocycles. The van der Waals surface area contributed by atoms with Crippen LogP contribution in [0.3, 0.4) is 0 Å². The molecule has 1 aromatic heterocycles. The van der Waals surface area contributed by atoms with Gasteiger partial charge in [0.25, 0.3) is 0 Å². The molecule has 9 aromatic rings. The fourth-order valence-corrected chi connectivity index (χ4v) is 4.89. The van der Waals surface area contributed by atoms with E-state index >= 15 is 0 Å². The van der Waals surface area contributed by atoms with Crippen LogP contribution in [0.2, 0.25) is 0 Å². The minimum atomic E-state index is -1.03. The molecule has 0 saturated heterocycles. The lowest BCUT2D eigenvalue weighted by Gasteiger charge is -2.15. The van der Waals surface area contributed by atoms with Crippen molar-refractivity contribution < 1.29 is 40.1 Å². The Morgan fingerprint density at radius 1 is 0.326 bits per heavy atom. The summed E-state index contributed by atoms with van der Waals surface area (Å²) in [6.07, 6.45) is 0. The molecule has 9 rings (SSSR count). The van der Waals surface area contributed by atoms with Gasteiger partial charge in [-0.25, -0.2) is 0 Å². The van der Waals surface area contributed by atoms with Crippen molar-refractivity contribution in [2.75, 3.05) is 0 Å². The monoisotopic (exact) mass is 572 g/mol. The van der Waals surface area contributed by atoms with Crippen molar-refractivity contribution in [2.45, 2.75) is 0 Å². The largest absolute Gasteiger partial charge is 0.456 e. The third kappa shape index (κ3) is 3.86. The fraction of sp³-hybridized carbons (Fsp3) is 0. The Morgan fingerprint density at radius 2 is 0.977 bits per heavy atom. The van der Waals surface area contributed by atoms with Gasteiger partial charge in [-0.3, -0.25) is 0 Å². The molecule has 0 radical (unpaired) electrons. The van der Waals surface area contributed by atoms with E-state index < -0.39 is 245 Å². The smallest absolute Gasteiger partial charge is 0.136 e. The van der Waals surface area contributed by atoms with Crippen molar-refractivity contribution in [2.24, 2.45) is 0 Å². The van der Waals surface area contributed by atoms with Gasteiger partial charge in [0, 0.05) is 10.8 Å². The van der Waals surface area contributed by atoms with E-state index in [4.69, 9.17) is 29.1 Å². The van der Waals surface area contributed by atoms with Gasteiger partial charge in [-0.15, -0.1) is 0 Å². The molecule has 1 nitrogen and oxygen atoms in total. The van der Waals surface area contributed by atoms with E-state index in [0.717, 1.165) is 0 Å². The highest BCUT2D eigenvalue weighted by Crippen LogP contribution is 2.41. The summed E-state index contributed by atoms with van der Waals surface area (Å²) in [6, 6.07) is -22.7. The molecule has 43 heavy (non-hydrogen) atoms. The van der Waals surface area contributed by atoms with Crippen molar-refractivity contribution in [3.05, 3.63) is 157 Å². The summed E-state index contributed by atoms with van der Waals surface area (Å²) in [5.41, 5.74) is -5.51. The summed E-state index contributed by atoms with van der Waals surface area (Å²) in [5.74, 6) is 0. The minimum Gasteiger partial charge on any atom is -0.456 e. The zero-order valence-corrected chi connectivity index (χ0v) is 21.4. The maximum Gasteiger partial charge on any atom is 0.136 e. The summed E-state index contributed by atoms with van der Waals surface area (Å²) in [7, 11) is 0. The standard InChI is InChI=1S/C42H26O/c1-2-9-27(10-3-1)31-18-22-41-40(25-31)37-19-17-32(26-42(37)43-41)34-20-21-36(35-16-8-14-28-11-6-7-15-33(28)35)39-24-30-13-5-4-12-29(30)23-38(34)39/h1-26H/i1D,2D,3D,4D,5D,6D,7D,8D,9D,10D,11D,12D,13D,14D,15D,16D,17D,18D,19D,20D,21D,22D,23D,24D,25D,26D. The first-order chi connectivity index (χ1) is 32.2. The molecule has 0 spiro atoms. The number of rotatable bonds is 3. The second-order valence-corrected chi connectivity index (χ2v) is 9.26. The molecule has 200 valence electrons. The minimum absolute atomic E-state index is 0.487. The summed E-state index contributed by atoms with van der Waals surface area (Å²) >= 11 is 0. The Labute approximate surface area is 285 Å². The van der Waals surface area contributed by atoms with E-state index in [1.54, 1.807) is 0 Å². The van der Waals surface area contributed by atoms with E-state index in [9.17, 15) is 11.0 Å². The zero-order valence-electron chi connectivity index (χ0n) is 47.4. The summed E-state index contributed by atoms with van der Waals surface area (Å²) in [6.45, 7) is 0. The molecule has 0 unspecified atom stereocenters. The molecule has 0 N–H and O–H groups in total. The van der Waals surface area contributed by atoms with Crippen LogP contribution in [0.25, 0.3) is 87.6 Å². The van der Waals surface area contributed by atoms with E-state index in [0.29, 0.717) is 0 Å².